The second-order valence-corrected chi connectivity index (χ2v) is 6.79. The third-order valence-electron chi connectivity index (χ3n) is 3.79. The van der Waals surface area contributed by atoms with E-state index in [4.69, 9.17) is 9.15 Å². The molecule has 0 radical (unpaired) electrons. The van der Waals surface area contributed by atoms with E-state index in [1.165, 1.54) is 0 Å². The van der Waals surface area contributed by atoms with Gasteiger partial charge in [-0.15, -0.1) is 10.2 Å². The highest BCUT2D eigenvalue weighted by molar-refractivity contribution is 7.99. The Hall–Kier alpha value is -2.54. The fourth-order valence-corrected chi connectivity index (χ4v) is 3.26. The first-order chi connectivity index (χ1) is 12.2. The van der Waals surface area contributed by atoms with Crippen LogP contribution < -0.4 is 10.1 Å². The van der Waals surface area contributed by atoms with Crippen LogP contribution in [0.3, 0.4) is 0 Å². The summed E-state index contributed by atoms with van der Waals surface area (Å²) in [6, 6.07) is 11.7. The average molecular weight is 354 g/mol. The molecule has 0 saturated heterocycles. The van der Waals surface area contributed by atoms with E-state index in [1.54, 1.807) is 11.8 Å². The maximum atomic E-state index is 6.13. The highest BCUT2D eigenvalue weighted by atomic mass is 32.2. The van der Waals surface area contributed by atoms with Crippen molar-refractivity contribution in [3.63, 3.8) is 0 Å². The number of hydrogen-bond donors (Lipinski definition) is 1. The zero-order valence-electron chi connectivity index (χ0n) is 14.0. The number of para-hydroxylation sites is 1. The second kappa shape index (κ2) is 6.76. The van der Waals surface area contributed by atoms with Crippen LogP contribution in [0.2, 0.25) is 0 Å². The molecule has 7 heteroatoms. The molecule has 2 aromatic heterocycles. The topological polar surface area (TPSA) is 73.1 Å². The lowest BCUT2D eigenvalue weighted by atomic mass is 10.1. The molecule has 1 N–H and O–H groups in total. The molecular formula is C18H18N4O2S. The minimum atomic E-state index is -0.475. The van der Waals surface area contributed by atoms with Crippen LogP contribution in [0.5, 0.6) is 5.88 Å². The number of rotatable bonds is 4. The van der Waals surface area contributed by atoms with Crippen LogP contribution in [0, 0.1) is 6.92 Å². The van der Waals surface area contributed by atoms with Gasteiger partial charge < -0.3 is 14.5 Å². The zero-order chi connectivity index (χ0) is 17.2. The Bertz CT molecular complexity index is 896. The Kier molecular flexibility index (Phi) is 4.31. The summed E-state index contributed by atoms with van der Waals surface area (Å²) in [5.74, 6) is 2.93. The molecule has 1 aliphatic heterocycles. The monoisotopic (exact) mass is 354 g/mol. The average Bonchev–Trinajstić information content (AvgIpc) is 2.99. The van der Waals surface area contributed by atoms with Crippen LogP contribution in [-0.4, -0.2) is 20.9 Å². The number of hydrogen-bond acceptors (Lipinski definition) is 7. The predicted molar refractivity (Wildman–Crippen MR) is 96.7 cm³/mol. The third-order valence-corrected chi connectivity index (χ3v) is 4.83. The summed E-state index contributed by atoms with van der Waals surface area (Å²) < 4.78 is 11.9. The lowest BCUT2D eigenvalue weighted by molar-refractivity contribution is 0.194. The molecule has 6 nitrogen and oxygen atoms in total. The Morgan fingerprint density at radius 2 is 2.04 bits per heavy atom. The molecule has 3 heterocycles. The normalized spacial score (nSPS) is 15.5. The van der Waals surface area contributed by atoms with Crippen LogP contribution in [0.15, 0.2) is 46.0 Å². The molecule has 1 aromatic carbocycles. The van der Waals surface area contributed by atoms with Gasteiger partial charge in [0.2, 0.25) is 17.3 Å². The quantitative estimate of drug-likeness (QED) is 0.694. The molecule has 0 fully saturated rings. The minimum Gasteiger partial charge on any atom is -0.460 e. The number of aromatic nitrogens is 3. The number of anilines is 1. The van der Waals surface area contributed by atoms with Crippen LogP contribution in [0.4, 0.5) is 5.69 Å². The maximum Gasteiger partial charge on any atom is 0.247 e. The van der Waals surface area contributed by atoms with Crippen molar-refractivity contribution in [2.24, 2.45) is 0 Å². The lowest BCUT2D eigenvalue weighted by Gasteiger charge is -2.16. The van der Waals surface area contributed by atoms with E-state index in [-0.39, 0.29) is 0 Å². The predicted octanol–water partition coefficient (Wildman–Crippen LogP) is 4.45. The van der Waals surface area contributed by atoms with Crippen molar-refractivity contribution in [1.82, 2.24) is 15.2 Å². The Balaban J connectivity index is 1.79. The maximum absolute atomic E-state index is 6.13. The van der Waals surface area contributed by atoms with E-state index in [0.29, 0.717) is 22.5 Å². The molecule has 1 aliphatic rings. The van der Waals surface area contributed by atoms with Gasteiger partial charge in [0.25, 0.3) is 0 Å². The fraction of sp³-hybridized carbons (Fsp3) is 0.278. The summed E-state index contributed by atoms with van der Waals surface area (Å²) in [5.41, 5.74) is 2.45. The Labute approximate surface area is 150 Å². The lowest BCUT2D eigenvalue weighted by Crippen LogP contribution is -2.16. The van der Waals surface area contributed by atoms with Crippen molar-refractivity contribution in [1.29, 1.82) is 0 Å². The number of nitrogens with one attached hydrogen (secondary N) is 1. The molecule has 0 spiro atoms. The minimum absolute atomic E-state index is 0.463. The summed E-state index contributed by atoms with van der Waals surface area (Å²) in [5, 5.41) is 12.6. The van der Waals surface area contributed by atoms with Crippen molar-refractivity contribution >= 4 is 17.4 Å². The van der Waals surface area contributed by atoms with Crippen molar-refractivity contribution in [3.05, 3.63) is 47.9 Å². The molecule has 1 atom stereocenters. The van der Waals surface area contributed by atoms with Gasteiger partial charge in [0, 0.05) is 17.0 Å². The van der Waals surface area contributed by atoms with Gasteiger partial charge in [-0.1, -0.05) is 36.9 Å². The van der Waals surface area contributed by atoms with E-state index >= 15 is 0 Å². The first-order valence-electron chi connectivity index (χ1n) is 8.21. The summed E-state index contributed by atoms with van der Waals surface area (Å²) in [6.07, 6.45) is 0.571. The van der Waals surface area contributed by atoms with E-state index in [1.807, 2.05) is 43.3 Å². The fourth-order valence-electron chi connectivity index (χ4n) is 2.62. The number of benzene rings is 1. The smallest absolute Gasteiger partial charge is 0.247 e. The molecular weight excluding hydrogens is 336 g/mol. The number of fused-ring (bicyclic) bond motifs is 3. The van der Waals surface area contributed by atoms with E-state index in [9.17, 15) is 0 Å². The molecule has 0 bridgehead atoms. The molecule has 0 amide bonds. The molecule has 128 valence electrons. The molecule has 0 saturated carbocycles. The van der Waals surface area contributed by atoms with E-state index < -0.39 is 6.23 Å². The van der Waals surface area contributed by atoms with Crippen LogP contribution >= 0.6 is 11.8 Å². The van der Waals surface area contributed by atoms with Crippen LogP contribution in [-0.2, 0) is 0 Å². The van der Waals surface area contributed by atoms with Crippen molar-refractivity contribution in [2.75, 3.05) is 11.1 Å². The van der Waals surface area contributed by atoms with E-state index in [2.05, 4.69) is 27.4 Å². The highest BCUT2D eigenvalue weighted by Crippen LogP contribution is 2.39. The standard InChI is InChI=1S/C18H18N4O2S/c1-3-10-25-18-20-17-15(21-22-18)12-6-4-5-7-13(12)19-16(24-17)14-9-8-11(2)23-14/h4-9,16,19H,3,10H2,1-2H3/t16-/m0/s1. The van der Waals surface area contributed by atoms with Gasteiger partial charge in [-0.25, -0.2) is 0 Å². The number of ether oxygens (including phenoxy) is 1. The van der Waals surface area contributed by atoms with Gasteiger partial charge >= 0.3 is 0 Å². The molecule has 25 heavy (non-hydrogen) atoms. The largest absolute Gasteiger partial charge is 0.460 e. The molecule has 4 rings (SSSR count). The van der Waals surface area contributed by atoms with Crippen LogP contribution in [0.25, 0.3) is 11.3 Å². The molecule has 0 aliphatic carbocycles. The number of thioether (sulfide) groups is 1. The third kappa shape index (κ3) is 3.19. The number of furan rings is 1. The first-order valence-corrected chi connectivity index (χ1v) is 9.19. The molecule has 3 aromatic rings. The zero-order valence-corrected chi connectivity index (χ0v) is 14.8. The van der Waals surface area contributed by atoms with E-state index in [0.717, 1.165) is 29.2 Å². The van der Waals surface area contributed by atoms with Crippen molar-refractivity contribution in [2.45, 2.75) is 31.7 Å². The first kappa shape index (κ1) is 16.0. The van der Waals surface area contributed by atoms with Gasteiger partial charge in [0.15, 0.2) is 11.5 Å². The molecule has 0 unspecified atom stereocenters. The van der Waals surface area contributed by atoms with Gasteiger partial charge in [-0.2, -0.15) is 4.98 Å². The Morgan fingerprint density at radius 1 is 1.16 bits per heavy atom. The number of nitrogens with zero attached hydrogens (tertiary/aromatic N) is 3. The summed E-state index contributed by atoms with van der Waals surface area (Å²) in [4.78, 5) is 4.58. The van der Waals surface area contributed by atoms with Gasteiger partial charge in [0.1, 0.15) is 5.76 Å². The SMILES string of the molecule is CCCSc1nnc2c(n1)O[C@@H](c1ccc(C)o1)Nc1ccccc1-2. The Morgan fingerprint density at radius 3 is 2.84 bits per heavy atom. The van der Waals surface area contributed by atoms with Crippen molar-refractivity contribution < 1.29 is 9.15 Å². The van der Waals surface area contributed by atoms with Gasteiger partial charge in [-0.3, -0.25) is 0 Å². The van der Waals surface area contributed by atoms with Gasteiger partial charge in [-0.05, 0) is 31.5 Å². The summed E-state index contributed by atoms with van der Waals surface area (Å²) >= 11 is 1.57. The summed E-state index contributed by atoms with van der Waals surface area (Å²) in [7, 11) is 0. The van der Waals surface area contributed by atoms with Crippen molar-refractivity contribution in [3.8, 4) is 17.1 Å². The summed E-state index contributed by atoms with van der Waals surface area (Å²) in [6.45, 7) is 4.03. The number of aryl methyl sites for hydroxylation is 1. The van der Waals surface area contributed by atoms with Crippen LogP contribution in [0.1, 0.15) is 31.1 Å². The highest BCUT2D eigenvalue weighted by Gasteiger charge is 2.27. The van der Waals surface area contributed by atoms with Gasteiger partial charge in [0.05, 0.1) is 0 Å². The second-order valence-electron chi connectivity index (χ2n) is 5.73.